The van der Waals surface area contributed by atoms with E-state index in [1.165, 1.54) is 22.3 Å². The standard InChI is InChI=1S/C37H30N3.2ClH.Fe/c1-3-13-26(14-4-1)30-19-7-9-21-32(30)38-34-23-11-17-28-25-29-18-12-24-35(37(29)40-36(28)34)39-33-22-10-8-20-31(33)27-15-5-2-6-16-27;;;/h1-10,13-17,19-22,25H,11-12,18,23-24H2;2*1H;/q-1;;;+3/p-2. The number of nitrogens with zero attached hydrogens (tertiary/aromatic N) is 3. The Morgan fingerprint density at radius 2 is 1.07 bits per heavy atom. The van der Waals surface area contributed by atoms with E-state index in [9.17, 15) is 0 Å². The van der Waals surface area contributed by atoms with E-state index in [-0.39, 0.29) is 41.9 Å². The summed E-state index contributed by atoms with van der Waals surface area (Å²) in [6.07, 6.45) is 7.23. The van der Waals surface area contributed by atoms with Crippen LogP contribution in [0.2, 0.25) is 0 Å². The molecule has 4 aromatic carbocycles. The first kappa shape index (κ1) is 32.3. The van der Waals surface area contributed by atoms with Crippen LogP contribution in [0.4, 0.5) is 11.4 Å². The average molecular weight is 643 g/mol. The third-order valence-corrected chi connectivity index (χ3v) is 7.77. The van der Waals surface area contributed by atoms with Crippen molar-refractivity contribution in [1.29, 1.82) is 0 Å². The fraction of sp³-hybridized carbons (Fsp3) is 0.135. The number of fused-ring (bicyclic) bond motifs is 2. The van der Waals surface area contributed by atoms with Crippen molar-refractivity contribution < 1.29 is 41.9 Å². The molecule has 1 aromatic heterocycles. The molecule has 0 spiro atoms. The minimum absolute atomic E-state index is 0. The number of aliphatic imine (C=N–C) groups is 2. The van der Waals surface area contributed by atoms with Gasteiger partial charge in [0.2, 0.25) is 0 Å². The number of halogens is 2. The molecule has 2 aliphatic carbocycles. The van der Waals surface area contributed by atoms with E-state index in [1.807, 2.05) is 0 Å². The van der Waals surface area contributed by atoms with E-state index < -0.39 is 0 Å². The fourth-order valence-corrected chi connectivity index (χ4v) is 5.82. The summed E-state index contributed by atoms with van der Waals surface area (Å²) in [5, 5.41) is 0. The van der Waals surface area contributed by atoms with Gasteiger partial charge in [0.25, 0.3) is 0 Å². The van der Waals surface area contributed by atoms with E-state index in [4.69, 9.17) is 15.0 Å². The number of hydrogen-bond donors (Lipinski definition) is 0. The Labute approximate surface area is 276 Å². The third kappa shape index (κ3) is 6.79. The van der Waals surface area contributed by atoms with Gasteiger partial charge in [-0.25, -0.2) is 0 Å². The van der Waals surface area contributed by atoms with E-state index in [0.29, 0.717) is 0 Å². The van der Waals surface area contributed by atoms with Gasteiger partial charge in [-0.3, -0.25) is 9.98 Å². The van der Waals surface area contributed by atoms with E-state index >= 15 is 0 Å². The molecule has 0 unspecified atom stereocenters. The number of pyridine rings is 1. The summed E-state index contributed by atoms with van der Waals surface area (Å²) >= 11 is 0. The summed E-state index contributed by atoms with van der Waals surface area (Å²) in [4.78, 5) is 15.8. The van der Waals surface area contributed by atoms with Crippen molar-refractivity contribution in [3.8, 4) is 22.3 Å². The zero-order valence-electron chi connectivity index (χ0n) is 23.5. The number of hydrogen-bond acceptors (Lipinski definition) is 3. The Hall–Kier alpha value is -3.66. The first-order valence-electron chi connectivity index (χ1n) is 14.2. The quantitative estimate of drug-likeness (QED) is 0.219. The molecule has 1 radical (unpaired) electrons. The summed E-state index contributed by atoms with van der Waals surface area (Å²) in [5.74, 6) is 0. The zero-order valence-corrected chi connectivity index (χ0v) is 26.1. The minimum Gasteiger partial charge on any atom is -1.00 e. The molecule has 0 fully saturated rings. The summed E-state index contributed by atoms with van der Waals surface area (Å²) < 4.78 is 0. The summed E-state index contributed by atoms with van der Waals surface area (Å²) in [6, 6.07) is 40.2. The van der Waals surface area contributed by atoms with Crippen LogP contribution in [0.1, 0.15) is 48.2 Å². The van der Waals surface area contributed by atoms with Crippen LogP contribution in [-0.2, 0) is 23.5 Å². The van der Waals surface area contributed by atoms with Gasteiger partial charge in [0.1, 0.15) is 0 Å². The van der Waals surface area contributed by atoms with Crippen LogP contribution >= 0.6 is 0 Å². The summed E-state index contributed by atoms with van der Waals surface area (Å²) in [6.45, 7) is 0. The Kier molecular flexibility index (Phi) is 11.0. The van der Waals surface area contributed by atoms with Crippen LogP contribution in [-0.4, -0.2) is 16.4 Å². The maximum atomic E-state index is 5.32. The zero-order chi connectivity index (χ0) is 26.7. The SMILES string of the molecule is [Cl-].[Cl-].[Fe+3].c1ccc(-c2ccccc2N=C2CC[CH-]c3cc4c(nc32)C(=Nc2ccccc2-c2ccccc2)CCC4)cc1. The van der Waals surface area contributed by atoms with E-state index in [1.54, 1.807) is 0 Å². The van der Waals surface area contributed by atoms with Gasteiger partial charge in [-0.15, -0.1) is 0 Å². The maximum Gasteiger partial charge on any atom is 3.00 e. The van der Waals surface area contributed by atoms with Gasteiger partial charge in [-0.2, -0.15) is 18.1 Å². The van der Waals surface area contributed by atoms with Gasteiger partial charge in [-0.05, 0) is 54.6 Å². The van der Waals surface area contributed by atoms with Gasteiger partial charge >= 0.3 is 17.1 Å². The molecule has 0 saturated carbocycles. The molecule has 6 heteroatoms. The average Bonchev–Trinajstić information content (AvgIpc) is 3.02. The molecule has 43 heavy (non-hydrogen) atoms. The Balaban J connectivity index is 0.00000141. The van der Waals surface area contributed by atoms with Crippen LogP contribution in [0, 0.1) is 6.42 Å². The van der Waals surface area contributed by atoms with Crippen molar-refractivity contribution >= 4 is 22.8 Å². The van der Waals surface area contributed by atoms with Crippen LogP contribution in [0.25, 0.3) is 22.3 Å². The molecule has 215 valence electrons. The molecule has 0 bridgehead atoms. The number of rotatable bonds is 4. The largest absolute Gasteiger partial charge is 3.00 e. The predicted octanol–water partition coefficient (Wildman–Crippen LogP) is 3.35. The number of para-hydroxylation sites is 2. The topological polar surface area (TPSA) is 37.6 Å². The molecular weight excluding hydrogens is 613 g/mol. The van der Waals surface area contributed by atoms with Gasteiger partial charge in [0, 0.05) is 16.8 Å². The smallest absolute Gasteiger partial charge is 1.00 e. The van der Waals surface area contributed by atoms with Crippen molar-refractivity contribution in [2.24, 2.45) is 9.98 Å². The minimum atomic E-state index is 0. The van der Waals surface area contributed by atoms with Crippen molar-refractivity contribution in [3.05, 3.63) is 144 Å². The molecule has 0 atom stereocenters. The van der Waals surface area contributed by atoms with E-state index in [2.05, 4.69) is 122 Å². The predicted molar refractivity (Wildman–Crippen MR) is 166 cm³/mol. The Morgan fingerprint density at radius 3 is 1.65 bits per heavy atom. The van der Waals surface area contributed by atoms with Crippen molar-refractivity contribution in [2.75, 3.05) is 0 Å². The normalized spacial score (nSPS) is 15.2. The van der Waals surface area contributed by atoms with Crippen LogP contribution < -0.4 is 24.8 Å². The Bertz CT molecular complexity index is 1620. The monoisotopic (exact) mass is 642 g/mol. The van der Waals surface area contributed by atoms with Gasteiger partial charge in [0.05, 0.1) is 22.8 Å². The molecule has 0 N–H and O–H groups in total. The Morgan fingerprint density at radius 1 is 0.558 bits per heavy atom. The fourth-order valence-electron chi connectivity index (χ4n) is 5.82. The third-order valence-electron chi connectivity index (χ3n) is 7.77. The first-order chi connectivity index (χ1) is 19.8. The molecule has 5 aromatic rings. The number of benzene rings is 4. The van der Waals surface area contributed by atoms with Crippen LogP contribution in [0.15, 0.2) is 125 Å². The van der Waals surface area contributed by atoms with Gasteiger partial charge in [0.15, 0.2) is 0 Å². The molecule has 0 amide bonds. The summed E-state index contributed by atoms with van der Waals surface area (Å²) in [5.41, 5.74) is 13.3. The summed E-state index contributed by atoms with van der Waals surface area (Å²) in [7, 11) is 0. The molecule has 0 saturated heterocycles. The molecule has 7 rings (SSSR count). The van der Waals surface area contributed by atoms with Crippen molar-refractivity contribution in [1.82, 2.24) is 4.98 Å². The van der Waals surface area contributed by atoms with Crippen molar-refractivity contribution in [2.45, 2.75) is 32.1 Å². The van der Waals surface area contributed by atoms with Crippen molar-refractivity contribution in [3.63, 3.8) is 0 Å². The number of aromatic nitrogens is 1. The molecule has 1 heterocycles. The molecular formula is C37H30Cl2FeN3. The second-order valence-electron chi connectivity index (χ2n) is 10.4. The van der Waals surface area contributed by atoms with Crippen LogP contribution in [0.3, 0.4) is 0 Å². The van der Waals surface area contributed by atoms with E-state index in [0.717, 1.165) is 77.4 Å². The van der Waals surface area contributed by atoms with Gasteiger partial charge < -0.3 is 29.8 Å². The second-order valence-corrected chi connectivity index (χ2v) is 10.4. The maximum absolute atomic E-state index is 5.32. The number of aryl methyl sites for hydroxylation is 1. The van der Waals surface area contributed by atoms with Crippen LogP contribution in [0.5, 0.6) is 0 Å². The molecule has 0 aliphatic heterocycles. The molecule has 3 nitrogen and oxygen atoms in total. The molecule has 2 aliphatic rings. The van der Waals surface area contributed by atoms with Gasteiger partial charge in [-0.1, -0.05) is 109 Å². The second kappa shape index (κ2) is 14.7. The first-order valence-corrected chi connectivity index (χ1v) is 14.2.